The van der Waals surface area contributed by atoms with Crippen LogP contribution in [0.5, 0.6) is 5.75 Å². The average Bonchev–Trinajstić information content (AvgIpc) is 3.05. The Morgan fingerprint density at radius 2 is 1.86 bits per heavy atom. The first-order valence-electron chi connectivity index (χ1n) is 9.53. The van der Waals surface area contributed by atoms with Gasteiger partial charge in [0.25, 0.3) is 5.56 Å². The highest BCUT2D eigenvalue weighted by molar-refractivity contribution is 6.07. The van der Waals surface area contributed by atoms with Gasteiger partial charge in [-0.3, -0.25) is 9.59 Å². The summed E-state index contributed by atoms with van der Waals surface area (Å²) in [5.74, 6) is 0.386. The van der Waals surface area contributed by atoms with E-state index in [0.29, 0.717) is 17.0 Å². The number of amides is 1. The third-order valence-electron chi connectivity index (χ3n) is 4.89. The van der Waals surface area contributed by atoms with Gasteiger partial charge in [0.2, 0.25) is 5.91 Å². The topological polar surface area (TPSA) is 78.2 Å². The van der Waals surface area contributed by atoms with E-state index in [1.807, 2.05) is 28.8 Å². The van der Waals surface area contributed by atoms with Crippen LogP contribution in [0.25, 0.3) is 21.8 Å². The highest BCUT2D eigenvalue weighted by Gasteiger charge is 2.16. The first-order chi connectivity index (χ1) is 14.1. The first kappa shape index (κ1) is 18.7. The van der Waals surface area contributed by atoms with Gasteiger partial charge in [0.15, 0.2) is 0 Å². The van der Waals surface area contributed by atoms with E-state index in [4.69, 9.17) is 4.74 Å². The molecule has 7 heteroatoms. The third kappa shape index (κ3) is 3.47. The molecule has 2 aromatic heterocycles. The van der Waals surface area contributed by atoms with Crippen LogP contribution in [0.1, 0.15) is 13.3 Å². The first-order valence-corrected chi connectivity index (χ1v) is 9.53. The summed E-state index contributed by atoms with van der Waals surface area (Å²) in [5.41, 5.74) is 1.95. The second kappa shape index (κ2) is 7.79. The number of carbonyl (C=O) groups excluding carboxylic acids is 1. The van der Waals surface area contributed by atoms with E-state index < -0.39 is 0 Å². The molecule has 7 nitrogen and oxygen atoms in total. The van der Waals surface area contributed by atoms with Gasteiger partial charge in [-0.1, -0.05) is 25.1 Å². The number of para-hydroxylation sites is 1. The van der Waals surface area contributed by atoms with Crippen LogP contribution < -0.4 is 15.6 Å². The fourth-order valence-corrected chi connectivity index (χ4v) is 3.57. The predicted molar refractivity (Wildman–Crippen MR) is 113 cm³/mol. The molecule has 0 bridgehead atoms. The molecule has 2 heterocycles. The van der Waals surface area contributed by atoms with Crippen LogP contribution in [-0.2, 0) is 17.9 Å². The largest absolute Gasteiger partial charge is 0.497 e. The molecule has 4 aromatic rings. The van der Waals surface area contributed by atoms with Crippen molar-refractivity contribution in [2.24, 2.45) is 0 Å². The monoisotopic (exact) mass is 390 g/mol. The molecule has 2 aromatic carbocycles. The molecule has 1 amide bonds. The van der Waals surface area contributed by atoms with Gasteiger partial charge in [-0.2, -0.15) is 5.10 Å². The number of hydrogen-bond donors (Lipinski definition) is 1. The normalized spacial score (nSPS) is 11.1. The smallest absolute Gasteiger partial charge is 0.291 e. The van der Waals surface area contributed by atoms with Crippen LogP contribution in [0.2, 0.25) is 0 Å². The lowest BCUT2D eigenvalue weighted by molar-refractivity contribution is -0.117. The minimum Gasteiger partial charge on any atom is -0.497 e. The fraction of sp³-hybridized carbons (Fsp3) is 0.227. The van der Waals surface area contributed by atoms with Crippen molar-refractivity contribution in [1.82, 2.24) is 14.3 Å². The van der Waals surface area contributed by atoms with Crippen molar-refractivity contribution >= 4 is 33.4 Å². The summed E-state index contributed by atoms with van der Waals surface area (Å²) in [4.78, 5) is 25.6. The Morgan fingerprint density at radius 1 is 1.10 bits per heavy atom. The number of nitrogens with zero attached hydrogens (tertiary/aromatic N) is 3. The number of fused-ring (bicyclic) bond motifs is 3. The highest BCUT2D eigenvalue weighted by Crippen LogP contribution is 2.26. The third-order valence-corrected chi connectivity index (χ3v) is 4.89. The number of rotatable bonds is 6. The zero-order chi connectivity index (χ0) is 20.4. The number of carbonyl (C=O) groups is 1. The molecule has 0 aliphatic rings. The molecule has 0 atom stereocenters. The number of anilines is 1. The quantitative estimate of drug-likeness (QED) is 0.547. The molecule has 0 fully saturated rings. The van der Waals surface area contributed by atoms with Crippen LogP contribution >= 0.6 is 0 Å². The summed E-state index contributed by atoms with van der Waals surface area (Å²) in [6, 6.07) is 14.9. The van der Waals surface area contributed by atoms with E-state index in [9.17, 15) is 9.59 Å². The molecular formula is C22H22N4O3. The second-order valence-corrected chi connectivity index (χ2v) is 6.82. The summed E-state index contributed by atoms with van der Waals surface area (Å²) in [7, 11) is 1.58. The lowest BCUT2D eigenvalue weighted by atomic mass is 10.2. The number of nitrogens with one attached hydrogen (secondary N) is 1. The van der Waals surface area contributed by atoms with Gasteiger partial charge >= 0.3 is 0 Å². The Bertz CT molecular complexity index is 1240. The van der Waals surface area contributed by atoms with Crippen molar-refractivity contribution < 1.29 is 9.53 Å². The maximum Gasteiger partial charge on any atom is 0.291 e. The van der Waals surface area contributed by atoms with Crippen LogP contribution in [0, 0.1) is 0 Å². The highest BCUT2D eigenvalue weighted by atomic mass is 16.5. The van der Waals surface area contributed by atoms with Gasteiger partial charge in [0.05, 0.1) is 13.3 Å². The van der Waals surface area contributed by atoms with Crippen LogP contribution in [0.3, 0.4) is 0 Å². The number of aryl methyl sites for hydroxylation is 1. The van der Waals surface area contributed by atoms with Crippen LogP contribution in [0.15, 0.2) is 59.5 Å². The van der Waals surface area contributed by atoms with Gasteiger partial charge < -0.3 is 14.6 Å². The Hall–Kier alpha value is -3.61. The number of ether oxygens (including phenoxy) is 1. The van der Waals surface area contributed by atoms with E-state index >= 15 is 0 Å². The van der Waals surface area contributed by atoms with Crippen molar-refractivity contribution in [3.8, 4) is 5.75 Å². The van der Waals surface area contributed by atoms with Gasteiger partial charge in [-0.05, 0) is 36.8 Å². The van der Waals surface area contributed by atoms with Crippen molar-refractivity contribution in [2.75, 3.05) is 12.4 Å². The van der Waals surface area contributed by atoms with Gasteiger partial charge in [-0.15, -0.1) is 0 Å². The number of hydrogen-bond acceptors (Lipinski definition) is 4. The van der Waals surface area contributed by atoms with Crippen LogP contribution in [-0.4, -0.2) is 27.4 Å². The molecule has 0 radical (unpaired) electrons. The average molecular weight is 390 g/mol. The molecule has 1 N–H and O–H groups in total. The summed E-state index contributed by atoms with van der Waals surface area (Å²) in [6.07, 6.45) is 2.57. The molecule has 0 saturated heterocycles. The van der Waals surface area contributed by atoms with Crippen molar-refractivity contribution in [1.29, 1.82) is 0 Å². The predicted octanol–water partition coefficient (Wildman–Crippen LogP) is 3.41. The van der Waals surface area contributed by atoms with E-state index in [2.05, 4.69) is 17.3 Å². The lowest BCUT2D eigenvalue weighted by Gasteiger charge is -2.09. The molecule has 29 heavy (non-hydrogen) atoms. The molecular weight excluding hydrogens is 368 g/mol. The maximum atomic E-state index is 13.1. The van der Waals surface area contributed by atoms with Gasteiger partial charge in [0, 0.05) is 28.5 Å². The molecule has 0 unspecified atom stereocenters. The van der Waals surface area contributed by atoms with Crippen molar-refractivity contribution in [3.63, 3.8) is 0 Å². The molecule has 0 saturated carbocycles. The zero-order valence-electron chi connectivity index (χ0n) is 16.4. The summed E-state index contributed by atoms with van der Waals surface area (Å²) >= 11 is 0. The standard InChI is InChI=1S/C22H22N4O3/c1-3-12-25-19-7-5-4-6-17(19)18-13-23-26(22(28)21(18)25)14-20(27)24-15-8-10-16(29-2)11-9-15/h4-11,13H,3,12,14H2,1-2H3,(H,24,27). The second-order valence-electron chi connectivity index (χ2n) is 6.82. The minimum atomic E-state index is -0.317. The molecule has 4 rings (SSSR count). The van der Waals surface area contributed by atoms with E-state index in [0.717, 1.165) is 29.3 Å². The van der Waals surface area contributed by atoms with E-state index in [-0.39, 0.29) is 18.0 Å². The van der Waals surface area contributed by atoms with Gasteiger partial charge in [0.1, 0.15) is 17.8 Å². The SMILES string of the molecule is CCCn1c2ccccc2c2cnn(CC(=O)Nc3ccc(OC)cc3)c(=O)c21. The maximum absolute atomic E-state index is 13.1. The summed E-state index contributed by atoms with van der Waals surface area (Å²) < 4.78 is 8.35. The number of methoxy groups -OCH3 is 1. The Balaban J connectivity index is 1.68. The Labute approximate surface area is 167 Å². The molecule has 148 valence electrons. The number of benzene rings is 2. The van der Waals surface area contributed by atoms with Gasteiger partial charge in [-0.25, -0.2) is 4.68 Å². The molecule has 0 aliphatic carbocycles. The minimum absolute atomic E-state index is 0.158. The fourth-order valence-electron chi connectivity index (χ4n) is 3.57. The summed E-state index contributed by atoms with van der Waals surface area (Å²) in [6.45, 7) is 2.64. The zero-order valence-corrected chi connectivity index (χ0v) is 16.4. The Morgan fingerprint density at radius 3 is 2.59 bits per heavy atom. The lowest BCUT2D eigenvalue weighted by Crippen LogP contribution is -2.30. The van der Waals surface area contributed by atoms with Crippen molar-refractivity contribution in [2.45, 2.75) is 26.4 Å². The molecule has 0 spiro atoms. The molecule has 0 aliphatic heterocycles. The van der Waals surface area contributed by atoms with Crippen LogP contribution in [0.4, 0.5) is 5.69 Å². The van der Waals surface area contributed by atoms with Crippen molar-refractivity contribution in [3.05, 3.63) is 65.1 Å². The Kier molecular flexibility index (Phi) is 5.03. The summed E-state index contributed by atoms with van der Waals surface area (Å²) in [5, 5.41) is 8.84. The van der Waals surface area contributed by atoms with E-state index in [1.54, 1.807) is 37.6 Å². The van der Waals surface area contributed by atoms with E-state index in [1.165, 1.54) is 4.68 Å². The number of aromatic nitrogens is 3.